The number of fused-ring (bicyclic) bond motifs is 1. The molecule has 1 aliphatic heterocycles. The third kappa shape index (κ3) is 4.69. The molecule has 8 nitrogen and oxygen atoms in total. The summed E-state index contributed by atoms with van der Waals surface area (Å²) in [6.45, 7) is 5.50. The number of piperazine rings is 1. The second kappa shape index (κ2) is 10.1. The van der Waals surface area contributed by atoms with E-state index in [1.165, 1.54) is 20.2 Å². The molecule has 198 valence electrons. The summed E-state index contributed by atoms with van der Waals surface area (Å²) in [5, 5.41) is 3.95. The fourth-order valence-electron chi connectivity index (χ4n) is 4.88. The van der Waals surface area contributed by atoms with Gasteiger partial charge in [-0.25, -0.2) is 9.50 Å². The maximum Gasteiger partial charge on any atom is 0.433 e. The number of methoxy groups -OCH3 is 1. The van der Waals surface area contributed by atoms with Crippen molar-refractivity contribution in [1.29, 1.82) is 0 Å². The molecule has 0 radical (unpaired) electrons. The molecule has 4 heterocycles. The number of halogens is 3. The highest BCUT2D eigenvalue weighted by molar-refractivity contribution is 6.00. The van der Waals surface area contributed by atoms with E-state index in [1.54, 1.807) is 35.4 Å². The maximum absolute atomic E-state index is 14.2. The van der Waals surface area contributed by atoms with Crippen LogP contribution in [-0.4, -0.2) is 68.6 Å². The van der Waals surface area contributed by atoms with E-state index in [9.17, 15) is 18.0 Å². The number of nitrogens with zero attached hydrogens (tertiary/aromatic N) is 6. The van der Waals surface area contributed by atoms with Crippen molar-refractivity contribution in [2.45, 2.75) is 26.1 Å². The van der Waals surface area contributed by atoms with E-state index >= 15 is 0 Å². The summed E-state index contributed by atoms with van der Waals surface area (Å²) in [7, 11) is 1.51. The fourth-order valence-corrected chi connectivity index (χ4v) is 4.88. The first-order valence-corrected chi connectivity index (χ1v) is 12.2. The molecule has 38 heavy (non-hydrogen) atoms. The molecule has 3 aromatic heterocycles. The minimum Gasteiger partial charge on any atom is -0.497 e. The molecule has 11 heteroatoms. The van der Waals surface area contributed by atoms with Crippen molar-refractivity contribution < 1.29 is 22.7 Å². The van der Waals surface area contributed by atoms with Crippen LogP contribution in [0.5, 0.6) is 5.75 Å². The fraction of sp³-hybridized carbons (Fsp3) is 0.333. The number of hydrogen-bond acceptors (Lipinski definition) is 6. The Morgan fingerprint density at radius 1 is 1.05 bits per heavy atom. The standard InChI is InChI=1S/C27H27F3N6O2/c1-17-23(19-7-9-20(38-3)10-8-19)33-25-21(16-32-36(25)24(17)27(28,29)30)26(37)35-14-12-34(13-15-35)18(2)22-6-4-5-11-31-22/h4-11,16,18H,12-15H2,1-3H3/t18-/m0/s1. The molecule has 0 saturated carbocycles. The van der Waals surface area contributed by atoms with Gasteiger partial charge in [0.1, 0.15) is 11.3 Å². The van der Waals surface area contributed by atoms with Gasteiger partial charge in [0.05, 0.1) is 24.7 Å². The number of ether oxygens (including phenoxy) is 1. The molecule has 4 aromatic rings. The van der Waals surface area contributed by atoms with E-state index in [4.69, 9.17) is 4.74 Å². The molecule has 1 amide bonds. The monoisotopic (exact) mass is 524 g/mol. The highest BCUT2D eigenvalue weighted by Gasteiger charge is 2.39. The summed E-state index contributed by atoms with van der Waals surface area (Å²) in [5.41, 5.74) is 0.444. The first-order chi connectivity index (χ1) is 18.2. The second-order valence-corrected chi connectivity index (χ2v) is 9.21. The Kier molecular flexibility index (Phi) is 6.78. The van der Waals surface area contributed by atoms with Gasteiger partial charge in [-0.15, -0.1) is 0 Å². The smallest absolute Gasteiger partial charge is 0.433 e. The van der Waals surface area contributed by atoms with Crippen LogP contribution in [-0.2, 0) is 6.18 Å². The predicted molar refractivity (Wildman–Crippen MR) is 135 cm³/mol. The lowest BCUT2D eigenvalue weighted by molar-refractivity contribution is -0.143. The zero-order valence-corrected chi connectivity index (χ0v) is 21.2. The van der Waals surface area contributed by atoms with Crippen molar-refractivity contribution >= 4 is 11.6 Å². The molecule has 1 aromatic carbocycles. The summed E-state index contributed by atoms with van der Waals surface area (Å²) in [6.07, 6.45) is -1.77. The average Bonchev–Trinajstić information content (AvgIpc) is 3.35. The Labute approximate surface area is 217 Å². The summed E-state index contributed by atoms with van der Waals surface area (Å²) in [6, 6.07) is 12.4. The number of carbonyl (C=O) groups excluding carboxylic acids is 1. The average molecular weight is 525 g/mol. The quantitative estimate of drug-likeness (QED) is 0.379. The largest absolute Gasteiger partial charge is 0.497 e. The van der Waals surface area contributed by atoms with Crippen LogP contribution >= 0.6 is 0 Å². The lowest BCUT2D eigenvalue weighted by Gasteiger charge is -2.37. The molecule has 1 aliphatic rings. The highest BCUT2D eigenvalue weighted by Crippen LogP contribution is 2.37. The highest BCUT2D eigenvalue weighted by atomic mass is 19.4. The first kappa shape index (κ1) is 25.7. The van der Waals surface area contributed by atoms with Gasteiger partial charge in [0.25, 0.3) is 5.91 Å². The minimum absolute atomic E-state index is 0.0384. The summed E-state index contributed by atoms with van der Waals surface area (Å²) >= 11 is 0. The third-order valence-corrected chi connectivity index (χ3v) is 7.01. The van der Waals surface area contributed by atoms with Crippen molar-refractivity contribution in [2.24, 2.45) is 0 Å². The Morgan fingerprint density at radius 3 is 2.37 bits per heavy atom. The number of carbonyl (C=O) groups is 1. The van der Waals surface area contributed by atoms with Crippen LogP contribution in [0, 0.1) is 6.92 Å². The van der Waals surface area contributed by atoms with Gasteiger partial charge >= 0.3 is 6.18 Å². The summed E-state index contributed by atoms with van der Waals surface area (Å²) < 4.78 is 48.5. The van der Waals surface area contributed by atoms with Gasteiger partial charge < -0.3 is 9.64 Å². The van der Waals surface area contributed by atoms with Crippen molar-refractivity contribution in [3.05, 3.63) is 77.4 Å². The van der Waals surface area contributed by atoms with E-state index in [0.29, 0.717) is 37.5 Å². The minimum atomic E-state index is -4.70. The number of pyridine rings is 1. The molecule has 0 bridgehead atoms. The van der Waals surface area contributed by atoms with E-state index < -0.39 is 17.8 Å². The van der Waals surface area contributed by atoms with Crippen molar-refractivity contribution in [3.63, 3.8) is 0 Å². The number of amides is 1. The van der Waals surface area contributed by atoms with Crippen LogP contribution < -0.4 is 4.74 Å². The van der Waals surface area contributed by atoms with Crippen molar-refractivity contribution in [3.8, 4) is 17.0 Å². The molecular formula is C27H27F3N6O2. The van der Waals surface area contributed by atoms with Gasteiger partial charge in [0.15, 0.2) is 11.3 Å². The molecule has 0 N–H and O–H groups in total. The van der Waals surface area contributed by atoms with Gasteiger partial charge in [-0.3, -0.25) is 14.7 Å². The van der Waals surface area contributed by atoms with Crippen LogP contribution in [0.15, 0.2) is 54.9 Å². The number of rotatable bonds is 5. The van der Waals surface area contributed by atoms with Gasteiger partial charge in [0, 0.05) is 49.5 Å². The van der Waals surface area contributed by atoms with Gasteiger partial charge in [-0.05, 0) is 50.2 Å². The molecule has 1 fully saturated rings. The van der Waals surface area contributed by atoms with Crippen LogP contribution in [0.2, 0.25) is 0 Å². The zero-order valence-electron chi connectivity index (χ0n) is 21.2. The van der Waals surface area contributed by atoms with Crippen LogP contribution in [0.25, 0.3) is 16.9 Å². The van der Waals surface area contributed by atoms with Gasteiger partial charge in [-0.2, -0.15) is 18.3 Å². The van der Waals surface area contributed by atoms with Crippen molar-refractivity contribution in [1.82, 2.24) is 29.4 Å². The normalized spacial score (nSPS) is 15.6. The maximum atomic E-state index is 14.2. The zero-order chi connectivity index (χ0) is 27.0. The molecule has 0 unspecified atom stereocenters. The number of alkyl halides is 3. The van der Waals surface area contributed by atoms with E-state index in [1.807, 2.05) is 18.2 Å². The number of aromatic nitrogens is 4. The number of benzene rings is 1. The van der Waals surface area contributed by atoms with E-state index in [-0.39, 0.29) is 28.5 Å². The topological polar surface area (TPSA) is 75.9 Å². The molecule has 1 atom stereocenters. The first-order valence-electron chi connectivity index (χ1n) is 12.2. The predicted octanol–water partition coefficient (Wildman–Crippen LogP) is 4.65. The van der Waals surface area contributed by atoms with Gasteiger partial charge in [-0.1, -0.05) is 6.07 Å². The van der Waals surface area contributed by atoms with Crippen LogP contribution in [0.3, 0.4) is 0 Å². The van der Waals surface area contributed by atoms with Gasteiger partial charge in [0.2, 0.25) is 0 Å². The molecular weight excluding hydrogens is 497 g/mol. The summed E-state index contributed by atoms with van der Waals surface area (Å²) in [5.74, 6) is 0.176. The molecule has 5 rings (SSSR count). The SMILES string of the molecule is COc1ccc(-c2nc3c(C(=O)N4CCN([C@@H](C)c5ccccn5)CC4)cnn3c(C(F)(F)F)c2C)cc1. The molecule has 0 spiro atoms. The summed E-state index contributed by atoms with van der Waals surface area (Å²) in [4.78, 5) is 26.3. The van der Waals surface area contributed by atoms with Crippen molar-refractivity contribution in [2.75, 3.05) is 33.3 Å². The molecule has 0 aliphatic carbocycles. The second-order valence-electron chi connectivity index (χ2n) is 9.21. The van der Waals surface area contributed by atoms with Crippen LogP contribution in [0.4, 0.5) is 13.2 Å². The Hall–Kier alpha value is -3.99. The Balaban J connectivity index is 1.46. The third-order valence-electron chi connectivity index (χ3n) is 7.01. The molecule has 1 saturated heterocycles. The Bertz CT molecular complexity index is 1450. The van der Waals surface area contributed by atoms with E-state index in [2.05, 4.69) is 26.9 Å². The lowest BCUT2D eigenvalue weighted by Crippen LogP contribution is -2.49. The van der Waals surface area contributed by atoms with E-state index in [0.717, 1.165) is 10.2 Å². The lowest BCUT2D eigenvalue weighted by atomic mass is 10.0. The number of hydrogen-bond donors (Lipinski definition) is 0. The Morgan fingerprint density at radius 2 is 1.76 bits per heavy atom. The van der Waals surface area contributed by atoms with Crippen LogP contribution in [0.1, 0.15) is 40.3 Å².